The lowest BCUT2D eigenvalue weighted by atomic mass is 9.96. The number of amides is 4. The largest absolute Gasteiger partial charge is 0.480 e. The highest BCUT2D eigenvalue weighted by atomic mass is 16.6. The Morgan fingerprint density at radius 1 is 0.875 bits per heavy atom. The summed E-state index contributed by atoms with van der Waals surface area (Å²) in [5.41, 5.74) is -1.59. The van der Waals surface area contributed by atoms with Crippen molar-refractivity contribution in [2.75, 3.05) is 26.3 Å². The maximum Gasteiger partial charge on any atom is 0.436 e. The maximum absolute atomic E-state index is 13.3. The zero-order valence-electron chi connectivity index (χ0n) is 29.4. The molecule has 0 aliphatic carbocycles. The number of likely N-dealkylation sites (tertiary alicyclic amines) is 1. The smallest absolute Gasteiger partial charge is 0.436 e. The lowest BCUT2D eigenvalue weighted by Gasteiger charge is -2.33. The molecule has 1 N–H and O–H groups in total. The number of amidine groups is 1. The van der Waals surface area contributed by atoms with Crippen molar-refractivity contribution in [2.24, 2.45) is 16.8 Å². The number of ether oxygens (including phenoxy) is 4. The fourth-order valence-electron chi connectivity index (χ4n) is 4.50. The Bertz CT molecular complexity index is 1350. The SMILES string of the molecule is CC(C)COC(=O)N(C(=O)OC(C)(C)C)C(=NC(=O)OC(C)(C)C)c1ccc(C(=O)CC(C)C(=O)N2CCC(OCC(=O)O)CC2)cc1. The predicted molar refractivity (Wildman–Crippen MR) is 175 cm³/mol. The monoisotopic (exact) mass is 675 g/mol. The minimum absolute atomic E-state index is 0.0291. The molecule has 0 spiro atoms. The van der Waals surface area contributed by atoms with Gasteiger partial charge in [-0.15, -0.1) is 0 Å². The molecule has 266 valence electrons. The van der Waals surface area contributed by atoms with E-state index < -0.39 is 53.8 Å². The Hall–Kier alpha value is -4.33. The molecule has 1 heterocycles. The molecule has 1 aliphatic heterocycles. The van der Waals surface area contributed by atoms with Gasteiger partial charge in [0.05, 0.1) is 12.7 Å². The summed E-state index contributed by atoms with van der Waals surface area (Å²) in [5, 5.41) is 8.80. The molecular formula is C34H49N3O11. The Morgan fingerprint density at radius 2 is 1.42 bits per heavy atom. The molecule has 4 amide bonds. The van der Waals surface area contributed by atoms with Crippen molar-refractivity contribution in [3.63, 3.8) is 0 Å². The molecule has 1 aromatic carbocycles. The van der Waals surface area contributed by atoms with Crippen LogP contribution in [0.25, 0.3) is 0 Å². The number of carboxylic acids is 1. The number of hydrogen-bond acceptors (Lipinski definition) is 10. The van der Waals surface area contributed by atoms with E-state index in [0.29, 0.717) is 30.8 Å². The van der Waals surface area contributed by atoms with Crippen molar-refractivity contribution < 1.29 is 52.8 Å². The average Bonchev–Trinajstić information content (AvgIpc) is 2.96. The topological polar surface area (TPSA) is 178 Å². The Kier molecular flexibility index (Phi) is 14.3. The van der Waals surface area contributed by atoms with Crippen LogP contribution in [0.4, 0.5) is 14.4 Å². The number of piperidine rings is 1. The number of carboxylic acid groups (broad SMARTS) is 1. The van der Waals surface area contributed by atoms with Gasteiger partial charge in [-0.3, -0.25) is 9.59 Å². The third-order valence-corrected chi connectivity index (χ3v) is 6.68. The molecule has 14 heteroatoms. The summed E-state index contributed by atoms with van der Waals surface area (Å²) >= 11 is 0. The number of aliphatic carboxylic acids is 1. The third-order valence-electron chi connectivity index (χ3n) is 6.68. The van der Waals surface area contributed by atoms with E-state index in [1.165, 1.54) is 24.3 Å². The van der Waals surface area contributed by atoms with Crippen molar-refractivity contribution in [3.05, 3.63) is 35.4 Å². The molecule has 1 aromatic rings. The molecule has 1 atom stereocenters. The molecule has 2 rings (SSSR count). The summed E-state index contributed by atoms with van der Waals surface area (Å²) in [6, 6.07) is 5.71. The molecule has 1 saturated heterocycles. The van der Waals surface area contributed by atoms with Crippen LogP contribution in [0.1, 0.15) is 97.5 Å². The molecule has 0 aromatic heterocycles. The van der Waals surface area contributed by atoms with Crippen molar-refractivity contribution in [3.8, 4) is 0 Å². The van der Waals surface area contributed by atoms with Gasteiger partial charge in [0.2, 0.25) is 5.91 Å². The number of imide groups is 1. The van der Waals surface area contributed by atoms with Crippen molar-refractivity contribution >= 4 is 41.8 Å². The minimum atomic E-state index is -1.14. The van der Waals surface area contributed by atoms with E-state index in [2.05, 4.69) is 4.99 Å². The number of Topliss-reactive ketones (excluding diaryl/α,β-unsaturated/α-hetero) is 1. The van der Waals surface area contributed by atoms with Crippen LogP contribution in [0.15, 0.2) is 29.3 Å². The number of ketones is 1. The van der Waals surface area contributed by atoms with Gasteiger partial charge < -0.3 is 29.0 Å². The highest BCUT2D eigenvalue weighted by Gasteiger charge is 2.35. The summed E-state index contributed by atoms with van der Waals surface area (Å²) in [6.45, 7) is 15.4. The normalized spacial score (nSPS) is 15.0. The van der Waals surface area contributed by atoms with Gasteiger partial charge in [0.15, 0.2) is 11.6 Å². The summed E-state index contributed by atoms with van der Waals surface area (Å²) in [7, 11) is 0. The van der Waals surface area contributed by atoms with E-state index in [9.17, 15) is 28.8 Å². The zero-order chi connectivity index (χ0) is 36.4. The van der Waals surface area contributed by atoms with Gasteiger partial charge >= 0.3 is 24.2 Å². The predicted octanol–water partition coefficient (Wildman–Crippen LogP) is 5.70. The maximum atomic E-state index is 13.3. The van der Waals surface area contributed by atoms with Crippen LogP contribution < -0.4 is 0 Å². The van der Waals surface area contributed by atoms with Crippen LogP contribution in [0.5, 0.6) is 0 Å². The molecule has 1 unspecified atom stereocenters. The number of rotatable bonds is 10. The van der Waals surface area contributed by atoms with Gasteiger partial charge in [-0.05, 0) is 60.3 Å². The van der Waals surface area contributed by atoms with Crippen molar-refractivity contribution in [2.45, 2.75) is 98.9 Å². The molecule has 1 aliphatic rings. The molecular weight excluding hydrogens is 626 g/mol. The Balaban J connectivity index is 2.32. The van der Waals surface area contributed by atoms with Gasteiger partial charge in [0.1, 0.15) is 17.8 Å². The summed E-state index contributed by atoms with van der Waals surface area (Å²) in [4.78, 5) is 82.6. The van der Waals surface area contributed by atoms with E-state index in [0.717, 1.165) is 0 Å². The van der Waals surface area contributed by atoms with E-state index in [4.69, 9.17) is 24.1 Å². The number of hydrogen-bond donors (Lipinski definition) is 1. The molecule has 0 bridgehead atoms. The van der Waals surface area contributed by atoms with Crippen molar-refractivity contribution in [1.82, 2.24) is 9.80 Å². The highest BCUT2D eigenvalue weighted by molar-refractivity contribution is 6.18. The second kappa shape index (κ2) is 17.2. The number of carbonyl (C=O) groups is 6. The Labute approximate surface area is 281 Å². The van der Waals surface area contributed by atoms with Gasteiger partial charge in [0.25, 0.3) is 0 Å². The van der Waals surface area contributed by atoms with Crippen LogP contribution in [-0.4, -0.2) is 100 Å². The van der Waals surface area contributed by atoms with E-state index in [1.807, 2.05) is 13.8 Å². The summed E-state index contributed by atoms with van der Waals surface area (Å²) < 4.78 is 21.4. The van der Waals surface area contributed by atoms with Crippen LogP contribution in [0.2, 0.25) is 0 Å². The highest BCUT2D eigenvalue weighted by Crippen LogP contribution is 2.21. The Morgan fingerprint density at radius 3 is 1.92 bits per heavy atom. The molecule has 1 fully saturated rings. The second-order valence-electron chi connectivity index (χ2n) is 14.0. The van der Waals surface area contributed by atoms with E-state index in [1.54, 1.807) is 53.4 Å². The number of benzene rings is 1. The van der Waals surface area contributed by atoms with Gasteiger partial charge in [-0.2, -0.15) is 9.89 Å². The van der Waals surface area contributed by atoms with Crippen molar-refractivity contribution in [1.29, 1.82) is 0 Å². The molecule has 0 saturated carbocycles. The van der Waals surface area contributed by atoms with Crippen LogP contribution in [0, 0.1) is 11.8 Å². The lowest BCUT2D eigenvalue weighted by Crippen LogP contribution is -2.46. The number of aliphatic imine (C=N–C) groups is 1. The average molecular weight is 676 g/mol. The first kappa shape index (κ1) is 39.8. The molecule has 48 heavy (non-hydrogen) atoms. The van der Waals surface area contributed by atoms with E-state index in [-0.39, 0.29) is 47.9 Å². The summed E-state index contributed by atoms with van der Waals surface area (Å²) in [6.07, 6.45) is -2.66. The molecule has 14 nitrogen and oxygen atoms in total. The first-order chi connectivity index (χ1) is 22.2. The fraction of sp³-hybridized carbons (Fsp3) is 0.618. The minimum Gasteiger partial charge on any atom is -0.480 e. The summed E-state index contributed by atoms with van der Waals surface area (Å²) in [5.74, 6) is -2.69. The first-order valence-corrected chi connectivity index (χ1v) is 15.9. The van der Waals surface area contributed by atoms with Crippen LogP contribution in [-0.2, 0) is 28.5 Å². The second-order valence-corrected chi connectivity index (χ2v) is 14.0. The standard InChI is InChI=1S/C34H49N3O11/c1-21(2)19-46-31(43)37(32(44)48-34(7,8)9)28(35-30(42)47-33(4,5)6)24-12-10-23(11-13-24)26(38)18-22(3)29(41)36-16-14-25(15-17-36)45-20-27(39)40/h10-13,21-22,25H,14-20H2,1-9H3,(H,39,40). The fourth-order valence-corrected chi connectivity index (χ4v) is 4.50. The zero-order valence-corrected chi connectivity index (χ0v) is 29.4. The van der Waals surface area contributed by atoms with Crippen LogP contribution in [0.3, 0.4) is 0 Å². The first-order valence-electron chi connectivity index (χ1n) is 15.9. The van der Waals surface area contributed by atoms with Crippen LogP contribution >= 0.6 is 0 Å². The van der Waals surface area contributed by atoms with E-state index >= 15 is 0 Å². The molecule has 0 radical (unpaired) electrons. The van der Waals surface area contributed by atoms with Gasteiger partial charge in [0, 0.05) is 36.6 Å². The van der Waals surface area contributed by atoms with Gasteiger partial charge in [-0.1, -0.05) is 45.0 Å². The quantitative estimate of drug-likeness (QED) is 0.139. The lowest BCUT2D eigenvalue weighted by molar-refractivity contribution is -0.147. The third kappa shape index (κ3) is 13.4. The number of nitrogens with zero attached hydrogens (tertiary/aromatic N) is 3. The number of carbonyl (C=O) groups excluding carboxylic acids is 5. The van der Waals surface area contributed by atoms with Gasteiger partial charge in [-0.25, -0.2) is 19.2 Å².